The number of aliphatic hydroxyl groups excluding tert-OH is 1. The summed E-state index contributed by atoms with van der Waals surface area (Å²) in [6.45, 7) is 4.56. The number of hydrogen-bond donors (Lipinski definition) is 1. The van der Waals surface area contributed by atoms with Gasteiger partial charge in [0, 0.05) is 49.5 Å². The molecule has 9 nitrogen and oxygen atoms in total. The van der Waals surface area contributed by atoms with Gasteiger partial charge in [-0.2, -0.15) is 0 Å². The smallest absolute Gasteiger partial charge is 0.253 e. The number of carbonyl (C=O) groups excluding carboxylic acids is 2. The maximum atomic E-state index is 13.0. The molecule has 148 valence electrons. The van der Waals surface area contributed by atoms with Crippen molar-refractivity contribution in [3.63, 3.8) is 0 Å². The van der Waals surface area contributed by atoms with Crippen LogP contribution in [0.5, 0.6) is 0 Å². The molecule has 3 heterocycles. The first-order valence-corrected chi connectivity index (χ1v) is 9.52. The van der Waals surface area contributed by atoms with Gasteiger partial charge < -0.3 is 14.9 Å². The highest BCUT2D eigenvalue weighted by molar-refractivity contribution is 5.94. The summed E-state index contributed by atoms with van der Waals surface area (Å²) >= 11 is 0. The quantitative estimate of drug-likeness (QED) is 0.780. The van der Waals surface area contributed by atoms with E-state index in [1.807, 2.05) is 41.0 Å². The molecule has 0 bridgehead atoms. The van der Waals surface area contributed by atoms with Gasteiger partial charge in [-0.25, -0.2) is 4.68 Å². The number of benzene rings is 1. The maximum Gasteiger partial charge on any atom is 0.253 e. The highest BCUT2D eigenvalue weighted by Crippen LogP contribution is 2.42. The standard InChI is InChI=1S/C19H24N6O3/c1-2-17(27)23-8-16-9-24(11-19(16,10-23)12-26)18(28)15-5-3-14(4-6-15)7-25-13-20-21-22-25/h3-6,13,16,26H,2,7-12H2,1H3/t16-,19+/m1/s1. The van der Waals surface area contributed by atoms with Crippen LogP contribution in [0.15, 0.2) is 30.6 Å². The fourth-order valence-corrected chi connectivity index (χ4v) is 4.35. The topological polar surface area (TPSA) is 104 Å². The lowest BCUT2D eigenvalue weighted by molar-refractivity contribution is -0.130. The third kappa shape index (κ3) is 3.26. The first-order chi connectivity index (χ1) is 13.5. The van der Waals surface area contributed by atoms with Gasteiger partial charge in [-0.3, -0.25) is 9.59 Å². The molecule has 1 N–H and O–H groups in total. The molecule has 2 aliphatic rings. The number of hydrogen-bond acceptors (Lipinski definition) is 6. The number of rotatable bonds is 5. The van der Waals surface area contributed by atoms with Crippen LogP contribution < -0.4 is 0 Å². The average molecular weight is 384 g/mol. The highest BCUT2D eigenvalue weighted by Gasteiger charge is 2.54. The molecule has 9 heteroatoms. The molecule has 0 saturated carbocycles. The first-order valence-electron chi connectivity index (χ1n) is 9.52. The summed E-state index contributed by atoms with van der Waals surface area (Å²) in [5.74, 6) is 0.193. The zero-order valence-electron chi connectivity index (χ0n) is 15.9. The third-order valence-corrected chi connectivity index (χ3v) is 5.95. The molecule has 2 saturated heterocycles. The van der Waals surface area contributed by atoms with Crippen molar-refractivity contribution in [2.24, 2.45) is 11.3 Å². The number of amides is 2. The Kier molecular flexibility index (Phi) is 4.84. The number of aromatic nitrogens is 4. The van der Waals surface area contributed by atoms with Crippen molar-refractivity contribution >= 4 is 11.8 Å². The van der Waals surface area contributed by atoms with E-state index in [0.717, 1.165) is 5.56 Å². The molecule has 0 unspecified atom stereocenters. The Morgan fingerprint density at radius 3 is 2.50 bits per heavy atom. The zero-order chi connectivity index (χ0) is 19.7. The largest absolute Gasteiger partial charge is 0.396 e. The lowest BCUT2D eigenvalue weighted by atomic mass is 9.82. The highest BCUT2D eigenvalue weighted by atomic mass is 16.3. The Morgan fingerprint density at radius 2 is 1.89 bits per heavy atom. The minimum Gasteiger partial charge on any atom is -0.396 e. The molecule has 0 spiro atoms. The number of carbonyl (C=O) groups is 2. The fraction of sp³-hybridized carbons (Fsp3) is 0.526. The zero-order valence-corrected chi connectivity index (χ0v) is 15.9. The summed E-state index contributed by atoms with van der Waals surface area (Å²) in [7, 11) is 0. The van der Waals surface area contributed by atoms with E-state index in [1.54, 1.807) is 11.0 Å². The molecule has 2 amide bonds. The second kappa shape index (κ2) is 7.31. The van der Waals surface area contributed by atoms with Crippen LogP contribution in [0.2, 0.25) is 0 Å². The summed E-state index contributed by atoms with van der Waals surface area (Å²) in [5.41, 5.74) is 1.22. The molecule has 1 aromatic heterocycles. The van der Waals surface area contributed by atoms with E-state index in [1.165, 1.54) is 0 Å². The van der Waals surface area contributed by atoms with Crippen molar-refractivity contribution in [2.45, 2.75) is 19.9 Å². The van der Waals surface area contributed by atoms with Crippen LogP contribution in [0.25, 0.3) is 0 Å². The van der Waals surface area contributed by atoms with Gasteiger partial charge in [-0.1, -0.05) is 19.1 Å². The molecule has 2 fully saturated rings. The van der Waals surface area contributed by atoms with E-state index in [4.69, 9.17) is 0 Å². The molecule has 2 aliphatic heterocycles. The molecular weight excluding hydrogens is 360 g/mol. The Balaban J connectivity index is 1.43. The Hall–Kier alpha value is -2.81. The van der Waals surface area contributed by atoms with Gasteiger partial charge in [0.05, 0.1) is 13.2 Å². The Labute approximate surface area is 162 Å². The second-order valence-electron chi connectivity index (χ2n) is 7.74. The van der Waals surface area contributed by atoms with E-state index < -0.39 is 5.41 Å². The Morgan fingerprint density at radius 1 is 1.18 bits per heavy atom. The average Bonchev–Trinajstić information content (AvgIpc) is 3.42. The van der Waals surface area contributed by atoms with Gasteiger partial charge in [-0.15, -0.1) is 5.10 Å². The van der Waals surface area contributed by atoms with E-state index in [0.29, 0.717) is 44.7 Å². The monoisotopic (exact) mass is 384 g/mol. The van der Waals surface area contributed by atoms with Crippen LogP contribution in [0, 0.1) is 11.3 Å². The lowest BCUT2D eigenvalue weighted by Gasteiger charge is -2.27. The number of tetrazole rings is 1. The molecule has 2 aromatic rings. The molecule has 28 heavy (non-hydrogen) atoms. The van der Waals surface area contributed by atoms with E-state index >= 15 is 0 Å². The molecule has 0 radical (unpaired) electrons. The number of fused-ring (bicyclic) bond motifs is 1. The SMILES string of the molecule is CCC(=O)N1C[C@@H]2CN(C(=O)c3ccc(Cn4cnnn4)cc3)C[C@]2(CO)C1. The van der Waals surface area contributed by atoms with Gasteiger partial charge in [0.1, 0.15) is 6.33 Å². The van der Waals surface area contributed by atoms with Gasteiger partial charge >= 0.3 is 0 Å². The van der Waals surface area contributed by atoms with Gasteiger partial charge in [-0.05, 0) is 28.1 Å². The van der Waals surface area contributed by atoms with Gasteiger partial charge in [0.2, 0.25) is 5.91 Å². The molecule has 4 rings (SSSR count). The van der Waals surface area contributed by atoms with E-state index in [-0.39, 0.29) is 24.3 Å². The van der Waals surface area contributed by atoms with Gasteiger partial charge in [0.25, 0.3) is 5.91 Å². The van der Waals surface area contributed by atoms with Crippen LogP contribution in [0.4, 0.5) is 0 Å². The summed E-state index contributed by atoms with van der Waals surface area (Å²) in [4.78, 5) is 28.6. The molecular formula is C19H24N6O3. The van der Waals surface area contributed by atoms with E-state index in [9.17, 15) is 14.7 Å². The van der Waals surface area contributed by atoms with Crippen molar-refractivity contribution in [1.82, 2.24) is 30.0 Å². The normalized spacial score (nSPS) is 23.9. The molecule has 1 aromatic carbocycles. The van der Waals surface area contributed by atoms with E-state index in [2.05, 4.69) is 15.5 Å². The summed E-state index contributed by atoms with van der Waals surface area (Å²) in [5, 5.41) is 21.1. The van der Waals surface area contributed by atoms with Crippen LogP contribution in [0.3, 0.4) is 0 Å². The number of aliphatic hydroxyl groups is 1. The minimum atomic E-state index is -0.402. The fourth-order valence-electron chi connectivity index (χ4n) is 4.35. The number of nitrogens with zero attached hydrogens (tertiary/aromatic N) is 6. The van der Waals surface area contributed by atoms with Crippen molar-refractivity contribution in [3.8, 4) is 0 Å². The Bertz CT molecular complexity index is 853. The third-order valence-electron chi connectivity index (χ3n) is 5.95. The second-order valence-corrected chi connectivity index (χ2v) is 7.74. The minimum absolute atomic E-state index is 0.0141. The van der Waals surface area contributed by atoms with Crippen LogP contribution in [-0.4, -0.2) is 79.7 Å². The van der Waals surface area contributed by atoms with Crippen LogP contribution >= 0.6 is 0 Å². The summed E-state index contributed by atoms with van der Waals surface area (Å²) in [6.07, 6.45) is 2.01. The predicted molar refractivity (Wildman–Crippen MR) is 99.1 cm³/mol. The van der Waals surface area contributed by atoms with Crippen LogP contribution in [0.1, 0.15) is 29.3 Å². The van der Waals surface area contributed by atoms with Gasteiger partial charge in [0.15, 0.2) is 0 Å². The first kappa shape index (κ1) is 18.5. The van der Waals surface area contributed by atoms with Crippen molar-refractivity contribution in [3.05, 3.63) is 41.7 Å². The predicted octanol–water partition coefficient (Wildman–Crippen LogP) is 0.0243. The van der Waals surface area contributed by atoms with Crippen molar-refractivity contribution in [1.29, 1.82) is 0 Å². The van der Waals surface area contributed by atoms with Crippen LogP contribution in [-0.2, 0) is 11.3 Å². The number of likely N-dealkylation sites (tertiary alicyclic amines) is 2. The summed E-state index contributed by atoms with van der Waals surface area (Å²) < 4.78 is 1.62. The molecule has 0 aliphatic carbocycles. The molecule has 2 atom stereocenters. The van der Waals surface area contributed by atoms with Crippen molar-refractivity contribution < 1.29 is 14.7 Å². The summed E-state index contributed by atoms with van der Waals surface area (Å²) in [6, 6.07) is 7.42. The van der Waals surface area contributed by atoms with Crippen molar-refractivity contribution in [2.75, 3.05) is 32.8 Å². The maximum absolute atomic E-state index is 13.0. The lowest BCUT2D eigenvalue weighted by Crippen LogP contribution is -2.40.